The first kappa shape index (κ1) is 23.4. The molecule has 0 radical (unpaired) electrons. The lowest BCUT2D eigenvalue weighted by Gasteiger charge is -2.26. The molecule has 1 N–H and O–H groups in total. The van der Waals surface area contributed by atoms with Gasteiger partial charge in [0.2, 0.25) is 0 Å². The number of aromatic nitrogens is 4. The van der Waals surface area contributed by atoms with Crippen molar-refractivity contribution in [2.75, 3.05) is 25.0 Å². The Morgan fingerprint density at radius 1 is 1.05 bits per heavy atom. The summed E-state index contributed by atoms with van der Waals surface area (Å²) in [7, 11) is 1.81. The molecular formula is C27H31F3N6O. The number of ether oxygens (including phenoxy) is 1. The minimum absolute atomic E-state index is 0.0176. The Kier molecular flexibility index (Phi) is 5.48. The van der Waals surface area contributed by atoms with Gasteiger partial charge in [-0.3, -0.25) is 4.68 Å². The molecule has 3 aliphatic heterocycles. The third-order valence-electron chi connectivity index (χ3n) is 8.91. The molecule has 37 heavy (non-hydrogen) atoms. The predicted octanol–water partition coefficient (Wildman–Crippen LogP) is 4.74. The number of halogens is 3. The molecule has 0 spiro atoms. The van der Waals surface area contributed by atoms with Gasteiger partial charge in [-0.25, -0.2) is 0 Å². The molecule has 1 aliphatic carbocycles. The van der Waals surface area contributed by atoms with E-state index in [4.69, 9.17) is 4.74 Å². The SMILES string of the molecule is Cn1cc2cc(-c3cc(C(F)(F)F)c(NC4C[C@@H]5CN(C[C@H]6CC7CCC6O7)C[C@@H]5C4)nn3)ccc2n1. The summed E-state index contributed by atoms with van der Waals surface area (Å²) in [6.45, 7) is 3.16. The highest BCUT2D eigenvalue weighted by Gasteiger charge is 2.46. The van der Waals surface area contributed by atoms with E-state index in [9.17, 15) is 13.2 Å². The highest BCUT2D eigenvalue weighted by molar-refractivity contribution is 5.83. The maximum absolute atomic E-state index is 14.1. The van der Waals surface area contributed by atoms with Crippen LogP contribution in [0.15, 0.2) is 30.5 Å². The van der Waals surface area contributed by atoms with Crippen LogP contribution >= 0.6 is 0 Å². The first-order valence-corrected chi connectivity index (χ1v) is 13.3. The number of benzene rings is 1. The number of rotatable bonds is 5. The van der Waals surface area contributed by atoms with Crippen molar-refractivity contribution in [3.05, 3.63) is 36.0 Å². The van der Waals surface area contributed by atoms with Crippen LogP contribution in [0.5, 0.6) is 0 Å². The van der Waals surface area contributed by atoms with Gasteiger partial charge in [0, 0.05) is 55.8 Å². The molecule has 4 fully saturated rings. The average Bonchev–Trinajstić information content (AvgIpc) is 3.65. The van der Waals surface area contributed by atoms with E-state index in [2.05, 4.69) is 25.5 Å². The topological polar surface area (TPSA) is 68.1 Å². The van der Waals surface area contributed by atoms with Crippen molar-refractivity contribution in [2.45, 2.75) is 56.5 Å². The van der Waals surface area contributed by atoms with Gasteiger partial charge in [-0.2, -0.15) is 18.3 Å². The lowest BCUT2D eigenvalue weighted by Crippen LogP contribution is -2.34. The van der Waals surface area contributed by atoms with E-state index < -0.39 is 11.7 Å². The van der Waals surface area contributed by atoms with Crippen LogP contribution < -0.4 is 5.32 Å². The van der Waals surface area contributed by atoms with Crippen LogP contribution in [0, 0.1) is 17.8 Å². The molecule has 7 nitrogen and oxygen atoms in total. The Bertz CT molecular complexity index is 1310. The number of nitrogens with one attached hydrogen (secondary N) is 1. The van der Waals surface area contributed by atoms with E-state index in [0.717, 1.165) is 49.4 Å². The number of likely N-dealkylation sites (tertiary alicyclic amines) is 1. The van der Waals surface area contributed by atoms with Crippen molar-refractivity contribution in [3.8, 4) is 11.3 Å². The fourth-order valence-corrected chi connectivity index (χ4v) is 7.29. The standard InChI is InChI=1S/C27H31F3N6O/c1-35-11-18-6-15(2-4-23(18)34-35)24-10-22(27(28,29)30)26(33-32-24)31-20-7-16-12-36(13-17(16)8-20)14-19-9-21-3-5-25(19)37-21/h2,4,6,10-11,16-17,19-21,25H,3,5,7-9,12-14H2,1H3,(H,31,33)/t16-,17+,19-,20?,21?,25?/m1/s1. The molecule has 0 amide bonds. The maximum Gasteiger partial charge on any atom is 0.420 e. The molecule has 1 aromatic carbocycles. The molecular weight excluding hydrogens is 481 g/mol. The van der Waals surface area contributed by atoms with E-state index in [0.29, 0.717) is 35.5 Å². The number of anilines is 1. The van der Waals surface area contributed by atoms with Gasteiger partial charge in [-0.1, -0.05) is 6.07 Å². The fraction of sp³-hybridized carbons (Fsp3) is 0.593. The number of aryl methyl sites for hydroxylation is 1. The van der Waals surface area contributed by atoms with Crippen molar-refractivity contribution in [1.29, 1.82) is 0 Å². The molecule has 5 heterocycles. The van der Waals surface area contributed by atoms with Crippen LogP contribution in [0.1, 0.15) is 37.7 Å². The Morgan fingerprint density at radius 2 is 1.86 bits per heavy atom. The zero-order valence-electron chi connectivity index (χ0n) is 20.8. The summed E-state index contributed by atoms with van der Waals surface area (Å²) < 4.78 is 49.9. The highest BCUT2D eigenvalue weighted by atomic mass is 19.4. The molecule has 7 rings (SSSR count). The van der Waals surface area contributed by atoms with E-state index in [1.165, 1.54) is 19.3 Å². The Balaban J connectivity index is 1.04. The van der Waals surface area contributed by atoms with Gasteiger partial charge >= 0.3 is 6.18 Å². The number of nitrogens with zero attached hydrogens (tertiary/aromatic N) is 5. The van der Waals surface area contributed by atoms with Crippen LogP contribution in [0.4, 0.5) is 19.0 Å². The summed E-state index contributed by atoms with van der Waals surface area (Å²) >= 11 is 0. The monoisotopic (exact) mass is 512 g/mol. The lowest BCUT2D eigenvalue weighted by molar-refractivity contribution is -0.137. The normalized spacial score (nSPS) is 31.5. The quantitative estimate of drug-likeness (QED) is 0.533. The number of alkyl halides is 3. The third kappa shape index (κ3) is 4.37. The van der Waals surface area contributed by atoms with Gasteiger partial charge in [0.25, 0.3) is 0 Å². The van der Waals surface area contributed by atoms with Crippen molar-refractivity contribution in [2.24, 2.45) is 24.8 Å². The van der Waals surface area contributed by atoms with E-state index in [1.54, 1.807) is 22.9 Å². The van der Waals surface area contributed by atoms with Gasteiger partial charge in [-0.15, -0.1) is 10.2 Å². The number of hydrogen-bond donors (Lipinski definition) is 1. The van der Waals surface area contributed by atoms with Gasteiger partial charge in [0.05, 0.1) is 23.4 Å². The molecule has 10 heteroatoms. The smallest absolute Gasteiger partial charge is 0.375 e. The summed E-state index contributed by atoms with van der Waals surface area (Å²) in [6.07, 6.45) is 3.54. The summed E-state index contributed by atoms with van der Waals surface area (Å²) in [5, 5.41) is 16.5. The first-order valence-electron chi connectivity index (χ1n) is 13.3. The predicted molar refractivity (Wildman–Crippen MR) is 133 cm³/mol. The molecule has 3 unspecified atom stereocenters. The molecule has 196 valence electrons. The van der Waals surface area contributed by atoms with Crippen LogP contribution in [0.3, 0.4) is 0 Å². The zero-order valence-corrected chi connectivity index (χ0v) is 20.8. The van der Waals surface area contributed by atoms with Crippen LogP contribution in [0.2, 0.25) is 0 Å². The molecule has 3 aromatic rings. The molecule has 4 aliphatic rings. The largest absolute Gasteiger partial charge is 0.420 e. The molecule has 2 bridgehead atoms. The second-order valence-corrected chi connectivity index (χ2v) is 11.5. The molecule has 2 aromatic heterocycles. The van der Waals surface area contributed by atoms with Crippen molar-refractivity contribution in [3.63, 3.8) is 0 Å². The van der Waals surface area contributed by atoms with Gasteiger partial charge in [0.1, 0.15) is 5.56 Å². The highest BCUT2D eigenvalue weighted by Crippen LogP contribution is 2.44. The Morgan fingerprint density at radius 3 is 2.57 bits per heavy atom. The van der Waals surface area contributed by atoms with Crippen LogP contribution in [0.25, 0.3) is 22.2 Å². The Labute approximate surface area is 213 Å². The minimum Gasteiger partial charge on any atom is -0.375 e. The van der Waals surface area contributed by atoms with Crippen molar-refractivity contribution < 1.29 is 17.9 Å². The summed E-state index contributed by atoms with van der Waals surface area (Å²) in [6, 6.07) is 6.42. The van der Waals surface area contributed by atoms with E-state index >= 15 is 0 Å². The van der Waals surface area contributed by atoms with Crippen molar-refractivity contribution in [1.82, 2.24) is 24.9 Å². The van der Waals surface area contributed by atoms with Gasteiger partial charge in [-0.05, 0) is 62.1 Å². The molecule has 6 atom stereocenters. The molecule has 3 saturated heterocycles. The summed E-state index contributed by atoms with van der Waals surface area (Å²) in [4.78, 5) is 2.56. The van der Waals surface area contributed by atoms with Crippen LogP contribution in [-0.2, 0) is 18.0 Å². The summed E-state index contributed by atoms with van der Waals surface area (Å²) in [5.74, 6) is 1.52. The average molecular weight is 513 g/mol. The van der Waals surface area contributed by atoms with E-state index in [-0.39, 0.29) is 17.6 Å². The second-order valence-electron chi connectivity index (χ2n) is 11.5. The third-order valence-corrected chi connectivity index (χ3v) is 8.91. The maximum atomic E-state index is 14.1. The number of fused-ring (bicyclic) bond motifs is 4. The first-order chi connectivity index (χ1) is 17.8. The second kappa shape index (κ2) is 8.66. The van der Waals surface area contributed by atoms with Gasteiger partial charge < -0.3 is 15.0 Å². The van der Waals surface area contributed by atoms with Crippen LogP contribution in [-0.4, -0.2) is 62.8 Å². The van der Waals surface area contributed by atoms with E-state index in [1.807, 2.05) is 13.2 Å². The van der Waals surface area contributed by atoms with Gasteiger partial charge in [0.15, 0.2) is 5.82 Å². The summed E-state index contributed by atoms with van der Waals surface area (Å²) in [5.41, 5.74) is 0.801. The van der Waals surface area contributed by atoms with Crippen molar-refractivity contribution >= 4 is 16.7 Å². The Hall–Kier alpha value is -2.72. The fourth-order valence-electron chi connectivity index (χ4n) is 7.29. The minimum atomic E-state index is -4.53. The number of hydrogen-bond acceptors (Lipinski definition) is 6. The zero-order chi connectivity index (χ0) is 25.3. The molecule has 1 saturated carbocycles. The lowest BCUT2D eigenvalue weighted by atomic mass is 9.89.